The molecule has 1 fully saturated rings. The van der Waals surface area contributed by atoms with Crippen LogP contribution in [-0.4, -0.2) is 36.0 Å². The van der Waals surface area contributed by atoms with Gasteiger partial charge in [-0.1, -0.05) is 13.8 Å². The Hall–Kier alpha value is -1.08. The van der Waals surface area contributed by atoms with Gasteiger partial charge in [0.05, 0.1) is 6.07 Å². The highest BCUT2D eigenvalue weighted by molar-refractivity contribution is 5.52. The molecular formula is C11H19N3O. The number of carbonyl (C=O) groups is 1. The highest BCUT2D eigenvalue weighted by atomic mass is 16.1. The van der Waals surface area contributed by atoms with E-state index in [1.165, 1.54) is 0 Å². The molecule has 15 heavy (non-hydrogen) atoms. The maximum atomic E-state index is 11.2. The zero-order chi connectivity index (χ0) is 11.3. The van der Waals surface area contributed by atoms with Crippen LogP contribution in [0.1, 0.15) is 33.1 Å². The number of nitriles is 1. The molecule has 0 radical (unpaired) electrons. The first kappa shape index (κ1) is 12.0. The van der Waals surface area contributed by atoms with Crippen LogP contribution in [0.25, 0.3) is 0 Å². The summed E-state index contributed by atoms with van der Waals surface area (Å²) in [7, 11) is 0. The standard InChI is InChI=1S/C11H19N3O/c1-3-10(4-2)14(9-15)11(7-12)5-6-13-8-11/h9-10,13H,3-6,8H2,1-2H3. The molecule has 0 aliphatic carbocycles. The highest BCUT2D eigenvalue weighted by Crippen LogP contribution is 2.25. The van der Waals surface area contributed by atoms with Gasteiger partial charge in [0.1, 0.15) is 5.54 Å². The van der Waals surface area contributed by atoms with Crippen LogP contribution < -0.4 is 5.32 Å². The molecule has 0 aromatic heterocycles. The van der Waals surface area contributed by atoms with Crippen molar-refractivity contribution in [2.45, 2.75) is 44.7 Å². The van der Waals surface area contributed by atoms with Crippen molar-refractivity contribution in [3.8, 4) is 6.07 Å². The van der Waals surface area contributed by atoms with Crippen LogP contribution in [0.3, 0.4) is 0 Å². The second kappa shape index (κ2) is 5.13. The molecule has 0 bridgehead atoms. The minimum atomic E-state index is -0.613. The van der Waals surface area contributed by atoms with Crippen LogP contribution in [0.15, 0.2) is 0 Å². The molecule has 0 aromatic carbocycles. The lowest BCUT2D eigenvalue weighted by Crippen LogP contribution is -2.53. The van der Waals surface area contributed by atoms with Gasteiger partial charge in [-0.2, -0.15) is 5.26 Å². The summed E-state index contributed by atoms with van der Waals surface area (Å²) >= 11 is 0. The number of nitrogens with zero attached hydrogens (tertiary/aromatic N) is 2. The lowest BCUT2D eigenvalue weighted by atomic mass is 9.95. The summed E-state index contributed by atoms with van der Waals surface area (Å²) in [6.45, 7) is 5.52. The minimum absolute atomic E-state index is 0.182. The van der Waals surface area contributed by atoms with Crippen molar-refractivity contribution in [1.29, 1.82) is 5.26 Å². The van der Waals surface area contributed by atoms with E-state index in [0.29, 0.717) is 6.54 Å². The second-order valence-electron chi connectivity index (χ2n) is 4.05. The summed E-state index contributed by atoms with van der Waals surface area (Å²) in [5.74, 6) is 0. The van der Waals surface area contributed by atoms with Crippen LogP contribution in [0.4, 0.5) is 0 Å². The molecule has 4 heteroatoms. The number of rotatable bonds is 5. The Bertz CT molecular complexity index is 249. The predicted molar refractivity (Wildman–Crippen MR) is 58.1 cm³/mol. The van der Waals surface area contributed by atoms with Crippen molar-refractivity contribution in [2.75, 3.05) is 13.1 Å². The summed E-state index contributed by atoms with van der Waals surface area (Å²) in [6, 6.07) is 2.49. The largest absolute Gasteiger partial charge is 0.322 e. The second-order valence-corrected chi connectivity index (χ2v) is 4.05. The minimum Gasteiger partial charge on any atom is -0.322 e. The van der Waals surface area contributed by atoms with Crippen LogP contribution in [0.2, 0.25) is 0 Å². The molecule has 4 nitrogen and oxygen atoms in total. The molecule has 1 amide bonds. The summed E-state index contributed by atoms with van der Waals surface area (Å²) < 4.78 is 0. The van der Waals surface area contributed by atoms with Crippen LogP contribution in [-0.2, 0) is 4.79 Å². The fraction of sp³-hybridized carbons (Fsp3) is 0.818. The van der Waals surface area contributed by atoms with E-state index in [1.54, 1.807) is 4.90 Å². The maximum Gasteiger partial charge on any atom is 0.211 e. The van der Waals surface area contributed by atoms with Gasteiger partial charge in [0, 0.05) is 12.6 Å². The number of hydrogen-bond acceptors (Lipinski definition) is 3. The SMILES string of the molecule is CCC(CC)N(C=O)C1(C#N)CCNC1. The molecule has 1 heterocycles. The van der Waals surface area contributed by atoms with Crippen molar-refractivity contribution in [3.05, 3.63) is 0 Å². The molecule has 0 aromatic rings. The first-order chi connectivity index (χ1) is 7.24. The number of nitrogens with one attached hydrogen (secondary N) is 1. The normalized spacial score (nSPS) is 25.2. The van der Waals surface area contributed by atoms with Crippen molar-refractivity contribution in [1.82, 2.24) is 10.2 Å². The van der Waals surface area contributed by atoms with Crippen LogP contribution in [0, 0.1) is 11.3 Å². The van der Waals surface area contributed by atoms with Gasteiger partial charge < -0.3 is 10.2 Å². The van der Waals surface area contributed by atoms with Gasteiger partial charge in [0.25, 0.3) is 0 Å². The highest BCUT2D eigenvalue weighted by Gasteiger charge is 2.41. The molecule has 0 spiro atoms. The van der Waals surface area contributed by atoms with Gasteiger partial charge in [-0.3, -0.25) is 4.79 Å². The summed E-state index contributed by atoms with van der Waals surface area (Å²) in [6.07, 6.45) is 3.38. The zero-order valence-corrected chi connectivity index (χ0v) is 9.49. The van der Waals surface area contributed by atoms with E-state index in [-0.39, 0.29) is 6.04 Å². The quantitative estimate of drug-likeness (QED) is 0.684. The third-order valence-electron chi connectivity index (χ3n) is 3.28. The third kappa shape index (κ3) is 2.13. The predicted octanol–water partition coefficient (Wildman–Crippen LogP) is 0.889. The fourth-order valence-corrected chi connectivity index (χ4v) is 2.27. The molecule has 1 N–H and O–H groups in total. The average molecular weight is 209 g/mol. The Kier molecular flexibility index (Phi) is 4.10. The summed E-state index contributed by atoms with van der Waals surface area (Å²) in [5, 5.41) is 12.4. The first-order valence-electron chi connectivity index (χ1n) is 5.59. The lowest BCUT2D eigenvalue weighted by Gasteiger charge is -2.37. The van der Waals surface area contributed by atoms with E-state index in [2.05, 4.69) is 25.2 Å². The Morgan fingerprint density at radius 3 is 2.60 bits per heavy atom. The summed E-state index contributed by atoms with van der Waals surface area (Å²) in [5.41, 5.74) is -0.613. The van der Waals surface area contributed by atoms with Gasteiger partial charge in [0.15, 0.2) is 0 Å². The molecule has 1 aliphatic rings. The molecule has 1 unspecified atom stereocenters. The van der Waals surface area contributed by atoms with E-state index in [1.807, 2.05) is 0 Å². The van der Waals surface area contributed by atoms with Gasteiger partial charge in [-0.05, 0) is 25.8 Å². The van der Waals surface area contributed by atoms with E-state index < -0.39 is 5.54 Å². The third-order valence-corrected chi connectivity index (χ3v) is 3.28. The van der Waals surface area contributed by atoms with Gasteiger partial charge in [-0.15, -0.1) is 0 Å². The van der Waals surface area contributed by atoms with Crippen molar-refractivity contribution < 1.29 is 4.79 Å². The van der Waals surface area contributed by atoms with Gasteiger partial charge >= 0.3 is 0 Å². The van der Waals surface area contributed by atoms with Crippen molar-refractivity contribution >= 4 is 6.41 Å². The topological polar surface area (TPSA) is 56.1 Å². The van der Waals surface area contributed by atoms with Crippen molar-refractivity contribution in [3.63, 3.8) is 0 Å². The Balaban J connectivity index is 2.88. The molecule has 84 valence electrons. The first-order valence-corrected chi connectivity index (χ1v) is 5.59. The van der Waals surface area contributed by atoms with Crippen LogP contribution in [0.5, 0.6) is 0 Å². The average Bonchev–Trinajstić information content (AvgIpc) is 2.75. The lowest BCUT2D eigenvalue weighted by molar-refractivity contribution is -0.124. The zero-order valence-electron chi connectivity index (χ0n) is 9.49. The van der Waals surface area contributed by atoms with Crippen molar-refractivity contribution in [2.24, 2.45) is 0 Å². The molecule has 1 aliphatic heterocycles. The molecule has 1 rings (SSSR count). The van der Waals surface area contributed by atoms with E-state index in [0.717, 1.165) is 32.2 Å². The Morgan fingerprint density at radius 2 is 2.27 bits per heavy atom. The van der Waals surface area contributed by atoms with E-state index in [4.69, 9.17) is 0 Å². The van der Waals surface area contributed by atoms with Gasteiger partial charge in [0.2, 0.25) is 6.41 Å². The monoisotopic (exact) mass is 209 g/mol. The van der Waals surface area contributed by atoms with Gasteiger partial charge in [-0.25, -0.2) is 0 Å². The smallest absolute Gasteiger partial charge is 0.211 e. The molecule has 1 saturated heterocycles. The Morgan fingerprint density at radius 1 is 1.60 bits per heavy atom. The molecule has 1 atom stereocenters. The van der Waals surface area contributed by atoms with E-state index in [9.17, 15) is 10.1 Å². The Labute approximate surface area is 91.2 Å². The summed E-state index contributed by atoms with van der Waals surface area (Å²) in [4.78, 5) is 12.9. The number of carbonyl (C=O) groups excluding carboxylic acids is 1. The number of hydrogen-bond donors (Lipinski definition) is 1. The van der Waals surface area contributed by atoms with Crippen LogP contribution >= 0.6 is 0 Å². The van der Waals surface area contributed by atoms with E-state index >= 15 is 0 Å². The molecule has 0 saturated carbocycles. The molecular weight excluding hydrogens is 190 g/mol. The number of amides is 1. The fourth-order valence-electron chi connectivity index (χ4n) is 2.27. The maximum absolute atomic E-state index is 11.2.